The number of amides is 1. The molecule has 8 heteroatoms. The Kier molecular flexibility index (Phi) is 7.96. The predicted octanol–water partition coefficient (Wildman–Crippen LogP) is 7.94. The lowest BCUT2D eigenvalue weighted by atomic mass is 9.86. The summed E-state index contributed by atoms with van der Waals surface area (Å²) in [6.07, 6.45) is -1.37. The molecule has 4 rings (SSSR count). The van der Waals surface area contributed by atoms with E-state index < -0.39 is 17.7 Å². The van der Waals surface area contributed by atoms with E-state index in [2.05, 4.69) is 10.3 Å². The molecule has 0 bridgehead atoms. The number of hydrogen-bond donors (Lipinski definition) is 2. The van der Waals surface area contributed by atoms with Gasteiger partial charge in [0.25, 0.3) is 0 Å². The normalized spacial score (nSPS) is 12.6. The average Bonchev–Trinajstić information content (AvgIpc) is 3.27. The summed E-state index contributed by atoms with van der Waals surface area (Å²) in [4.78, 5) is 16.3. The van der Waals surface area contributed by atoms with Crippen molar-refractivity contribution in [2.75, 3.05) is 6.54 Å². The Morgan fingerprint density at radius 1 is 1.03 bits per heavy atom. The Bertz CT molecular complexity index is 1380. The van der Waals surface area contributed by atoms with Crippen molar-refractivity contribution in [3.05, 3.63) is 105 Å². The number of carbonyl (C=O) groups is 1. The van der Waals surface area contributed by atoms with Crippen LogP contribution >= 0.6 is 23.2 Å². The van der Waals surface area contributed by atoms with Gasteiger partial charge in [-0.3, -0.25) is 4.79 Å². The molecule has 4 aromatic rings. The van der Waals surface area contributed by atoms with Crippen molar-refractivity contribution in [1.29, 1.82) is 0 Å². The topological polar surface area (TPSA) is 44.9 Å². The first-order valence-corrected chi connectivity index (χ1v) is 12.4. The van der Waals surface area contributed by atoms with Gasteiger partial charge in [-0.05, 0) is 53.3 Å². The Hall–Kier alpha value is -2.96. The summed E-state index contributed by atoms with van der Waals surface area (Å²) in [5.74, 6) is -0.823. The Morgan fingerprint density at radius 2 is 1.81 bits per heavy atom. The first-order valence-electron chi connectivity index (χ1n) is 11.6. The zero-order valence-electron chi connectivity index (χ0n) is 19.6. The van der Waals surface area contributed by atoms with Gasteiger partial charge in [-0.1, -0.05) is 72.6 Å². The molecule has 36 heavy (non-hydrogen) atoms. The lowest BCUT2D eigenvalue weighted by Gasteiger charge is -2.19. The molecule has 0 unspecified atom stereocenters. The van der Waals surface area contributed by atoms with Crippen LogP contribution in [0.5, 0.6) is 0 Å². The maximum Gasteiger partial charge on any atom is 0.416 e. The largest absolute Gasteiger partial charge is 0.416 e. The van der Waals surface area contributed by atoms with E-state index in [0.717, 1.165) is 46.1 Å². The monoisotopic (exact) mass is 532 g/mol. The molecule has 1 heterocycles. The minimum atomic E-state index is -4.48. The highest BCUT2D eigenvalue weighted by Crippen LogP contribution is 2.37. The van der Waals surface area contributed by atoms with Gasteiger partial charge in [0.15, 0.2) is 0 Å². The molecule has 3 aromatic carbocycles. The first-order chi connectivity index (χ1) is 17.2. The van der Waals surface area contributed by atoms with Crippen molar-refractivity contribution in [2.24, 2.45) is 0 Å². The Morgan fingerprint density at radius 3 is 2.53 bits per heavy atom. The second-order valence-corrected chi connectivity index (χ2v) is 9.50. The van der Waals surface area contributed by atoms with Gasteiger partial charge in [0.1, 0.15) is 0 Å². The number of carbonyl (C=O) groups excluding carboxylic acids is 1. The van der Waals surface area contributed by atoms with Crippen LogP contribution < -0.4 is 5.32 Å². The molecule has 0 aliphatic heterocycles. The lowest BCUT2D eigenvalue weighted by Crippen LogP contribution is -2.27. The highest BCUT2D eigenvalue weighted by atomic mass is 35.5. The molecule has 0 fully saturated rings. The van der Waals surface area contributed by atoms with Crippen molar-refractivity contribution in [1.82, 2.24) is 10.3 Å². The van der Waals surface area contributed by atoms with Crippen LogP contribution in [0.25, 0.3) is 10.9 Å². The van der Waals surface area contributed by atoms with E-state index in [1.54, 1.807) is 30.5 Å². The van der Waals surface area contributed by atoms with Gasteiger partial charge in [0.05, 0.1) is 5.56 Å². The van der Waals surface area contributed by atoms with Crippen LogP contribution in [0.4, 0.5) is 13.2 Å². The lowest BCUT2D eigenvalue weighted by molar-refractivity contribution is -0.137. The molecule has 1 atom stereocenters. The fourth-order valence-corrected chi connectivity index (χ4v) is 4.98. The third-order valence-electron chi connectivity index (χ3n) is 6.33. The summed E-state index contributed by atoms with van der Waals surface area (Å²) in [7, 11) is 0. The minimum Gasteiger partial charge on any atom is -0.361 e. The van der Waals surface area contributed by atoms with Crippen LogP contribution in [-0.4, -0.2) is 17.4 Å². The second kappa shape index (κ2) is 11.0. The van der Waals surface area contributed by atoms with Crippen molar-refractivity contribution in [3.63, 3.8) is 0 Å². The smallest absolute Gasteiger partial charge is 0.361 e. The van der Waals surface area contributed by atoms with Gasteiger partial charge in [0.2, 0.25) is 5.91 Å². The van der Waals surface area contributed by atoms with Crippen LogP contribution in [-0.2, 0) is 23.8 Å². The van der Waals surface area contributed by atoms with Gasteiger partial charge in [-0.25, -0.2) is 0 Å². The number of para-hydroxylation sites is 1. The Balaban J connectivity index is 1.61. The van der Waals surface area contributed by atoms with E-state index in [0.29, 0.717) is 28.6 Å². The zero-order valence-corrected chi connectivity index (χ0v) is 21.1. The number of alkyl halides is 3. The molecule has 0 saturated carbocycles. The number of fused-ring (bicyclic) bond motifs is 1. The maximum absolute atomic E-state index is 13.5. The molecule has 2 N–H and O–H groups in total. The number of aryl methyl sites for hydroxylation is 1. The van der Waals surface area contributed by atoms with E-state index >= 15 is 0 Å². The molecule has 0 radical (unpaired) electrons. The third-order valence-corrected chi connectivity index (χ3v) is 6.91. The number of aromatic amines is 1. The standard InChI is InChI=1S/C28H25Cl2F3N2O/c1-2-17-5-4-8-22-24(16-35-27(17)22)23(19-6-3-7-20(13-19)28(31,32)33)15-26(36)34-12-11-18-9-10-21(29)14-25(18)30/h3-10,13-14,16,23,35H,2,11-12,15H2,1H3,(H,34,36)/t23-/m0/s1. The van der Waals surface area contributed by atoms with Crippen molar-refractivity contribution >= 4 is 40.0 Å². The number of halogens is 5. The van der Waals surface area contributed by atoms with E-state index in [9.17, 15) is 18.0 Å². The van der Waals surface area contributed by atoms with Gasteiger partial charge in [-0.2, -0.15) is 13.2 Å². The van der Waals surface area contributed by atoms with Crippen molar-refractivity contribution < 1.29 is 18.0 Å². The molecule has 1 aromatic heterocycles. The molecule has 3 nitrogen and oxygen atoms in total. The molecule has 0 aliphatic rings. The minimum absolute atomic E-state index is 0.00103. The molecule has 0 saturated heterocycles. The molecule has 0 aliphatic carbocycles. The molecule has 0 spiro atoms. The van der Waals surface area contributed by atoms with E-state index in [-0.39, 0.29) is 12.3 Å². The summed E-state index contributed by atoms with van der Waals surface area (Å²) >= 11 is 12.2. The number of rotatable bonds is 8. The SMILES string of the molecule is CCc1cccc2c([C@@H](CC(=O)NCCc3ccc(Cl)cc3Cl)c3cccc(C(F)(F)F)c3)c[nH]c12. The van der Waals surface area contributed by atoms with E-state index in [1.165, 1.54) is 6.07 Å². The van der Waals surface area contributed by atoms with Crippen molar-refractivity contribution in [2.45, 2.75) is 38.3 Å². The second-order valence-electron chi connectivity index (χ2n) is 8.65. The van der Waals surface area contributed by atoms with Crippen LogP contribution in [0.1, 0.15) is 47.1 Å². The maximum atomic E-state index is 13.5. The first kappa shape index (κ1) is 26.1. The third kappa shape index (κ3) is 5.88. The predicted molar refractivity (Wildman–Crippen MR) is 139 cm³/mol. The van der Waals surface area contributed by atoms with Crippen LogP contribution in [0.15, 0.2) is 66.9 Å². The number of hydrogen-bond acceptors (Lipinski definition) is 1. The number of nitrogens with one attached hydrogen (secondary N) is 2. The Labute approximate surface area is 217 Å². The van der Waals surface area contributed by atoms with Crippen LogP contribution in [0.2, 0.25) is 10.0 Å². The van der Waals surface area contributed by atoms with Gasteiger partial charge < -0.3 is 10.3 Å². The zero-order chi connectivity index (χ0) is 25.9. The quantitative estimate of drug-likeness (QED) is 0.237. The molecule has 188 valence electrons. The molecular weight excluding hydrogens is 508 g/mol. The van der Waals surface area contributed by atoms with E-state index in [1.807, 2.05) is 25.1 Å². The summed E-state index contributed by atoms with van der Waals surface area (Å²) in [6.45, 7) is 2.38. The van der Waals surface area contributed by atoms with Gasteiger partial charge >= 0.3 is 6.18 Å². The summed E-state index contributed by atoms with van der Waals surface area (Å²) in [5.41, 5.74) is 3.37. The fourth-order valence-electron chi connectivity index (χ4n) is 4.48. The van der Waals surface area contributed by atoms with Crippen LogP contribution in [0, 0.1) is 0 Å². The van der Waals surface area contributed by atoms with Crippen molar-refractivity contribution in [3.8, 4) is 0 Å². The highest BCUT2D eigenvalue weighted by Gasteiger charge is 2.32. The summed E-state index contributed by atoms with van der Waals surface area (Å²) in [5, 5.41) is 4.84. The molecule has 1 amide bonds. The van der Waals surface area contributed by atoms with Crippen LogP contribution in [0.3, 0.4) is 0 Å². The average molecular weight is 533 g/mol. The number of H-pyrrole nitrogens is 1. The summed E-state index contributed by atoms with van der Waals surface area (Å²) in [6, 6.07) is 16.3. The highest BCUT2D eigenvalue weighted by molar-refractivity contribution is 6.35. The number of aromatic nitrogens is 1. The fraction of sp³-hybridized carbons (Fsp3) is 0.250. The van der Waals surface area contributed by atoms with Gasteiger partial charge in [0, 0.05) is 46.0 Å². The molecular formula is C28H25Cl2F3N2O. The summed E-state index contributed by atoms with van der Waals surface area (Å²) < 4.78 is 40.4. The van der Waals surface area contributed by atoms with E-state index in [4.69, 9.17) is 23.2 Å². The number of benzene rings is 3. The van der Waals surface area contributed by atoms with Gasteiger partial charge in [-0.15, -0.1) is 0 Å².